The van der Waals surface area contributed by atoms with E-state index in [1.807, 2.05) is 11.5 Å². The Kier molecular flexibility index (Phi) is 2.45. The van der Waals surface area contributed by atoms with Gasteiger partial charge in [0.05, 0.1) is 12.1 Å². The summed E-state index contributed by atoms with van der Waals surface area (Å²) in [5.41, 5.74) is 0.00681. The molecule has 1 heterocycles. The maximum absolute atomic E-state index is 5.55. The third-order valence-corrected chi connectivity index (χ3v) is 3.40. The second-order valence-corrected chi connectivity index (χ2v) is 4.29. The smallest absolute Gasteiger partial charge is 0.195 e. The predicted molar refractivity (Wildman–Crippen MR) is 55.7 cm³/mol. The first-order valence-electron chi connectivity index (χ1n) is 4.84. The zero-order valence-electron chi connectivity index (χ0n) is 8.54. The van der Waals surface area contributed by atoms with Crippen molar-refractivity contribution in [2.75, 3.05) is 7.11 Å². The van der Waals surface area contributed by atoms with Gasteiger partial charge in [-0.05, 0) is 38.4 Å². The standard InChI is InChI=1S/C9H15N3OS/c1-7-10-11-8(14)12(7)6-9(13-2)4-3-5-9/h3-6H2,1-2H3,(H,11,14). The molecule has 4 nitrogen and oxygen atoms in total. The molecule has 0 aromatic carbocycles. The second kappa shape index (κ2) is 3.47. The fourth-order valence-corrected chi connectivity index (χ4v) is 2.11. The first kappa shape index (κ1) is 9.86. The van der Waals surface area contributed by atoms with Crippen LogP contribution in [-0.4, -0.2) is 27.5 Å². The summed E-state index contributed by atoms with van der Waals surface area (Å²) in [7, 11) is 1.78. The van der Waals surface area contributed by atoms with Crippen molar-refractivity contribution in [2.24, 2.45) is 0 Å². The lowest BCUT2D eigenvalue weighted by atomic mass is 9.80. The zero-order chi connectivity index (χ0) is 10.2. The van der Waals surface area contributed by atoms with Gasteiger partial charge in [-0.3, -0.25) is 5.10 Å². The molecule has 1 fully saturated rings. The van der Waals surface area contributed by atoms with Gasteiger partial charge in [0.1, 0.15) is 5.82 Å². The van der Waals surface area contributed by atoms with E-state index in [1.165, 1.54) is 6.42 Å². The van der Waals surface area contributed by atoms with E-state index < -0.39 is 0 Å². The number of nitrogens with one attached hydrogen (secondary N) is 1. The molecule has 1 aromatic heterocycles. The summed E-state index contributed by atoms with van der Waals surface area (Å²) in [5, 5.41) is 6.88. The molecule has 0 atom stereocenters. The van der Waals surface area contributed by atoms with Gasteiger partial charge in [-0.2, -0.15) is 5.10 Å². The number of hydrogen-bond donors (Lipinski definition) is 1. The average Bonchev–Trinajstić information content (AvgIpc) is 2.41. The minimum atomic E-state index is 0.00681. The maximum atomic E-state index is 5.55. The number of aromatic nitrogens is 3. The van der Waals surface area contributed by atoms with Gasteiger partial charge >= 0.3 is 0 Å². The molecule has 0 unspecified atom stereocenters. The molecule has 0 saturated heterocycles. The quantitative estimate of drug-likeness (QED) is 0.779. The third kappa shape index (κ3) is 1.50. The summed E-state index contributed by atoms with van der Waals surface area (Å²) in [6.45, 7) is 2.78. The Morgan fingerprint density at radius 3 is 2.71 bits per heavy atom. The summed E-state index contributed by atoms with van der Waals surface area (Å²) in [4.78, 5) is 0. The normalized spacial score (nSPS) is 19.3. The molecule has 1 aromatic rings. The molecular formula is C9H15N3OS. The van der Waals surface area contributed by atoms with E-state index in [2.05, 4.69) is 10.2 Å². The molecule has 1 aliphatic carbocycles. The highest BCUT2D eigenvalue weighted by atomic mass is 32.1. The van der Waals surface area contributed by atoms with Gasteiger partial charge in [-0.15, -0.1) is 0 Å². The Morgan fingerprint density at radius 2 is 2.36 bits per heavy atom. The van der Waals surface area contributed by atoms with Gasteiger partial charge in [0.15, 0.2) is 4.77 Å². The number of hydrogen-bond acceptors (Lipinski definition) is 3. The molecule has 1 aliphatic rings. The molecular weight excluding hydrogens is 198 g/mol. The van der Waals surface area contributed by atoms with Crippen LogP contribution in [0, 0.1) is 11.7 Å². The predicted octanol–water partition coefficient (Wildman–Crippen LogP) is 1.82. The minimum absolute atomic E-state index is 0.00681. The van der Waals surface area contributed by atoms with Gasteiger partial charge < -0.3 is 9.30 Å². The monoisotopic (exact) mass is 213 g/mol. The van der Waals surface area contributed by atoms with Crippen LogP contribution in [0.15, 0.2) is 0 Å². The summed E-state index contributed by atoms with van der Waals surface area (Å²) in [6.07, 6.45) is 3.49. The Morgan fingerprint density at radius 1 is 1.64 bits per heavy atom. The van der Waals surface area contributed by atoms with Crippen LogP contribution in [0.25, 0.3) is 0 Å². The molecule has 0 bridgehead atoms. The number of H-pyrrole nitrogens is 1. The van der Waals surface area contributed by atoms with E-state index >= 15 is 0 Å². The third-order valence-electron chi connectivity index (χ3n) is 3.09. The Labute approximate surface area is 88.3 Å². The lowest BCUT2D eigenvalue weighted by Gasteiger charge is -2.40. The molecule has 0 aliphatic heterocycles. The number of nitrogens with zero attached hydrogens (tertiary/aromatic N) is 2. The van der Waals surface area contributed by atoms with E-state index in [0.29, 0.717) is 4.77 Å². The summed E-state index contributed by atoms with van der Waals surface area (Å²) in [6, 6.07) is 0. The fourth-order valence-electron chi connectivity index (χ4n) is 1.87. The minimum Gasteiger partial charge on any atom is -0.376 e. The number of methoxy groups -OCH3 is 1. The second-order valence-electron chi connectivity index (χ2n) is 3.90. The molecule has 0 amide bonds. The molecule has 1 N–H and O–H groups in total. The van der Waals surface area contributed by atoms with Crippen molar-refractivity contribution in [1.82, 2.24) is 14.8 Å². The summed E-state index contributed by atoms with van der Waals surface area (Å²) in [5.74, 6) is 0.929. The molecule has 14 heavy (non-hydrogen) atoms. The van der Waals surface area contributed by atoms with Crippen molar-refractivity contribution >= 4 is 12.2 Å². The van der Waals surface area contributed by atoms with Crippen molar-refractivity contribution in [3.63, 3.8) is 0 Å². The van der Waals surface area contributed by atoms with Crippen molar-refractivity contribution < 1.29 is 4.74 Å². The molecule has 1 saturated carbocycles. The zero-order valence-corrected chi connectivity index (χ0v) is 9.36. The Balaban J connectivity index is 2.21. The SMILES string of the molecule is COC1(Cn2c(C)n[nH]c2=S)CCC1. The van der Waals surface area contributed by atoms with E-state index in [4.69, 9.17) is 17.0 Å². The molecule has 2 rings (SSSR count). The Hall–Kier alpha value is -0.680. The molecule has 0 spiro atoms. The Bertz CT molecular complexity index is 372. The fraction of sp³-hybridized carbons (Fsp3) is 0.778. The highest BCUT2D eigenvalue weighted by Crippen LogP contribution is 2.36. The van der Waals surface area contributed by atoms with Crippen molar-refractivity contribution in [1.29, 1.82) is 0 Å². The topological polar surface area (TPSA) is 42.8 Å². The number of aryl methyl sites for hydroxylation is 1. The first-order chi connectivity index (χ1) is 6.67. The van der Waals surface area contributed by atoms with E-state index in [9.17, 15) is 0 Å². The van der Waals surface area contributed by atoms with Crippen LogP contribution in [0.3, 0.4) is 0 Å². The first-order valence-corrected chi connectivity index (χ1v) is 5.25. The van der Waals surface area contributed by atoms with Gasteiger partial charge in [-0.1, -0.05) is 0 Å². The average molecular weight is 213 g/mol. The summed E-state index contributed by atoms with van der Waals surface area (Å²) >= 11 is 5.15. The van der Waals surface area contributed by atoms with Gasteiger partial charge in [-0.25, -0.2) is 0 Å². The number of aromatic amines is 1. The van der Waals surface area contributed by atoms with E-state index in [1.54, 1.807) is 7.11 Å². The number of ether oxygens (including phenoxy) is 1. The van der Waals surface area contributed by atoms with Crippen molar-refractivity contribution in [2.45, 2.75) is 38.3 Å². The van der Waals surface area contributed by atoms with Crippen molar-refractivity contribution in [3.8, 4) is 0 Å². The van der Waals surface area contributed by atoms with Crippen LogP contribution in [0.1, 0.15) is 25.1 Å². The van der Waals surface area contributed by atoms with Crippen LogP contribution >= 0.6 is 12.2 Å². The maximum Gasteiger partial charge on any atom is 0.195 e. The van der Waals surface area contributed by atoms with Gasteiger partial charge in [0.25, 0.3) is 0 Å². The van der Waals surface area contributed by atoms with Crippen LogP contribution in [0.2, 0.25) is 0 Å². The van der Waals surface area contributed by atoms with E-state index in [0.717, 1.165) is 25.2 Å². The van der Waals surface area contributed by atoms with Crippen LogP contribution in [0.5, 0.6) is 0 Å². The molecule has 78 valence electrons. The lowest BCUT2D eigenvalue weighted by molar-refractivity contribution is -0.0841. The molecule has 5 heteroatoms. The largest absolute Gasteiger partial charge is 0.376 e. The highest BCUT2D eigenvalue weighted by molar-refractivity contribution is 7.71. The van der Waals surface area contributed by atoms with Gasteiger partial charge in [0, 0.05) is 7.11 Å². The van der Waals surface area contributed by atoms with Crippen LogP contribution in [-0.2, 0) is 11.3 Å². The lowest BCUT2D eigenvalue weighted by Crippen LogP contribution is -2.43. The van der Waals surface area contributed by atoms with E-state index in [-0.39, 0.29) is 5.60 Å². The van der Waals surface area contributed by atoms with Crippen LogP contribution < -0.4 is 0 Å². The summed E-state index contributed by atoms with van der Waals surface area (Å²) < 4.78 is 8.25. The van der Waals surface area contributed by atoms with Gasteiger partial charge in [0.2, 0.25) is 0 Å². The highest BCUT2D eigenvalue weighted by Gasteiger charge is 2.37. The molecule has 0 radical (unpaired) electrons. The van der Waals surface area contributed by atoms with Crippen molar-refractivity contribution in [3.05, 3.63) is 10.6 Å². The van der Waals surface area contributed by atoms with Crippen LogP contribution in [0.4, 0.5) is 0 Å². The number of rotatable bonds is 3.